The SMILES string of the molecule is c1ncc(CCNC2CCNC2)[nH]1. The van der Waals surface area contributed by atoms with Gasteiger partial charge in [-0.15, -0.1) is 0 Å². The maximum atomic E-state index is 3.98. The van der Waals surface area contributed by atoms with Crippen LogP contribution in [0.25, 0.3) is 0 Å². The van der Waals surface area contributed by atoms with Crippen molar-refractivity contribution in [1.29, 1.82) is 0 Å². The molecule has 0 spiro atoms. The summed E-state index contributed by atoms with van der Waals surface area (Å²) in [6.45, 7) is 3.30. The van der Waals surface area contributed by atoms with E-state index in [9.17, 15) is 0 Å². The van der Waals surface area contributed by atoms with Crippen molar-refractivity contribution in [1.82, 2.24) is 20.6 Å². The van der Waals surface area contributed by atoms with Crippen molar-refractivity contribution in [2.45, 2.75) is 18.9 Å². The highest BCUT2D eigenvalue weighted by Crippen LogP contribution is 1.97. The van der Waals surface area contributed by atoms with Gasteiger partial charge in [-0.05, 0) is 13.0 Å². The van der Waals surface area contributed by atoms with Gasteiger partial charge in [-0.3, -0.25) is 0 Å². The fraction of sp³-hybridized carbons (Fsp3) is 0.667. The number of aromatic nitrogens is 2. The number of hydrogen-bond donors (Lipinski definition) is 3. The van der Waals surface area contributed by atoms with E-state index in [0.29, 0.717) is 6.04 Å². The van der Waals surface area contributed by atoms with E-state index in [-0.39, 0.29) is 0 Å². The van der Waals surface area contributed by atoms with Gasteiger partial charge in [0.05, 0.1) is 6.33 Å². The summed E-state index contributed by atoms with van der Waals surface area (Å²) in [4.78, 5) is 7.07. The Bertz CT molecular complexity index is 226. The molecule has 0 amide bonds. The zero-order valence-corrected chi connectivity index (χ0v) is 7.71. The largest absolute Gasteiger partial charge is 0.348 e. The Hall–Kier alpha value is -0.870. The monoisotopic (exact) mass is 180 g/mol. The van der Waals surface area contributed by atoms with Crippen LogP contribution in [0.2, 0.25) is 0 Å². The first-order valence-electron chi connectivity index (χ1n) is 4.86. The van der Waals surface area contributed by atoms with Gasteiger partial charge in [0.25, 0.3) is 0 Å². The highest BCUT2D eigenvalue weighted by Gasteiger charge is 2.12. The topological polar surface area (TPSA) is 52.7 Å². The van der Waals surface area contributed by atoms with Gasteiger partial charge in [-0.25, -0.2) is 4.98 Å². The Labute approximate surface area is 78.1 Å². The highest BCUT2D eigenvalue weighted by molar-refractivity contribution is 4.94. The van der Waals surface area contributed by atoms with Gasteiger partial charge >= 0.3 is 0 Å². The summed E-state index contributed by atoms with van der Waals surface area (Å²) in [5.41, 5.74) is 1.21. The first-order chi connectivity index (χ1) is 6.45. The van der Waals surface area contributed by atoms with Crippen LogP contribution in [-0.4, -0.2) is 35.6 Å². The van der Waals surface area contributed by atoms with E-state index in [2.05, 4.69) is 20.6 Å². The van der Waals surface area contributed by atoms with Crippen LogP contribution < -0.4 is 10.6 Å². The summed E-state index contributed by atoms with van der Waals surface area (Å²) in [5, 5.41) is 6.84. The molecule has 1 aromatic heterocycles. The number of hydrogen-bond acceptors (Lipinski definition) is 3. The molecule has 1 atom stereocenters. The van der Waals surface area contributed by atoms with Crippen LogP contribution >= 0.6 is 0 Å². The molecular formula is C9H16N4. The first kappa shape index (κ1) is 8.72. The third kappa shape index (κ3) is 2.54. The molecule has 1 aliphatic heterocycles. The van der Waals surface area contributed by atoms with Crippen LogP contribution in [0.1, 0.15) is 12.1 Å². The van der Waals surface area contributed by atoms with E-state index in [1.54, 1.807) is 6.33 Å². The quantitative estimate of drug-likeness (QED) is 0.606. The average Bonchev–Trinajstić information content (AvgIpc) is 2.75. The molecule has 1 saturated heterocycles. The van der Waals surface area contributed by atoms with Crippen LogP contribution in [0.4, 0.5) is 0 Å². The molecule has 1 fully saturated rings. The summed E-state index contributed by atoms with van der Waals surface area (Å²) < 4.78 is 0. The Morgan fingerprint density at radius 2 is 2.62 bits per heavy atom. The van der Waals surface area contributed by atoms with Gasteiger partial charge in [-0.2, -0.15) is 0 Å². The lowest BCUT2D eigenvalue weighted by Crippen LogP contribution is -2.32. The summed E-state index contributed by atoms with van der Waals surface area (Å²) >= 11 is 0. The molecule has 0 bridgehead atoms. The zero-order chi connectivity index (χ0) is 8.93. The third-order valence-electron chi connectivity index (χ3n) is 2.44. The number of rotatable bonds is 4. The van der Waals surface area contributed by atoms with E-state index in [0.717, 1.165) is 26.1 Å². The summed E-state index contributed by atoms with van der Waals surface area (Å²) in [5.74, 6) is 0. The van der Waals surface area contributed by atoms with E-state index < -0.39 is 0 Å². The third-order valence-corrected chi connectivity index (χ3v) is 2.44. The van der Waals surface area contributed by atoms with E-state index >= 15 is 0 Å². The molecule has 0 radical (unpaired) electrons. The van der Waals surface area contributed by atoms with Crippen LogP contribution in [0.15, 0.2) is 12.5 Å². The second-order valence-corrected chi connectivity index (χ2v) is 3.47. The smallest absolute Gasteiger partial charge is 0.0921 e. The normalized spacial score (nSPS) is 22.3. The second kappa shape index (κ2) is 4.39. The minimum atomic E-state index is 0.669. The lowest BCUT2D eigenvalue weighted by molar-refractivity contribution is 0.548. The molecule has 0 saturated carbocycles. The fourth-order valence-corrected chi connectivity index (χ4v) is 1.66. The molecule has 2 rings (SSSR count). The van der Waals surface area contributed by atoms with E-state index in [1.165, 1.54) is 12.1 Å². The molecule has 0 aromatic carbocycles. The average molecular weight is 180 g/mol. The maximum absolute atomic E-state index is 3.98. The first-order valence-corrected chi connectivity index (χ1v) is 4.86. The van der Waals surface area contributed by atoms with Crippen LogP contribution in [0.3, 0.4) is 0 Å². The summed E-state index contributed by atoms with van der Waals surface area (Å²) in [6, 6.07) is 0.669. The van der Waals surface area contributed by atoms with Crippen LogP contribution in [0.5, 0.6) is 0 Å². The van der Waals surface area contributed by atoms with Crippen molar-refractivity contribution in [3.63, 3.8) is 0 Å². The summed E-state index contributed by atoms with van der Waals surface area (Å²) in [7, 11) is 0. The molecule has 1 unspecified atom stereocenters. The Balaban J connectivity index is 1.63. The van der Waals surface area contributed by atoms with Crippen molar-refractivity contribution >= 4 is 0 Å². The Morgan fingerprint density at radius 3 is 3.31 bits per heavy atom. The highest BCUT2D eigenvalue weighted by atomic mass is 15.0. The molecule has 4 heteroatoms. The van der Waals surface area contributed by atoms with Gasteiger partial charge in [-0.1, -0.05) is 0 Å². The Morgan fingerprint density at radius 1 is 1.62 bits per heavy atom. The standard InChI is InChI=1S/C9H16N4/c1-3-10-5-8(1)12-4-2-9-6-11-7-13-9/h6-8,10,12H,1-5H2,(H,11,13). The van der Waals surface area contributed by atoms with Crippen LogP contribution in [-0.2, 0) is 6.42 Å². The minimum Gasteiger partial charge on any atom is -0.348 e. The lowest BCUT2D eigenvalue weighted by Gasteiger charge is -2.09. The van der Waals surface area contributed by atoms with Gasteiger partial charge in [0.15, 0.2) is 0 Å². The molecule has 13 heavy (non-hydrogen) atoms. The molecule has 3 N–H and O–H groups in total. The van der Waals surface area contributed by atoms with Crippen molar-refractivity contribution in [2.75, 3.05) is 19.6 Å². The molecule has 1 aromatic rings. The minimum absolute atomic E-state index is 0.669. The van der Waals surface area contributed by atoms with Gasteiger partial charge in [0, 0.05) is 37.4 Å². The number of aromatic amines is 1. The fourth-order valence-electron chi connectivity index (χ4n) is 1.66. The van der Waals surface area contributed by atoms with E-state index in [4.69, 9.17) is 0 Å². The number of imidazole rings is 1. The molecule has 4 nitrogen and oxygen atoms in total. The molecule has 1 aliphatic rings. The van der Waals surface area contributed by atoms with Crippen LogP contribution in [0, 0.1) is 0 Å². The predicted molar refractivity (Wildman–Crippen MR) is 51.6 cm³/mol. The number of nitrogens with zero attached hydrogens (tertiary/aromatic N) is 1. The maximum Gasteiger partial charge on any atom is 0.0921 e. The second-order valence-electron chi connectivity index (χ2n) is 3.47. The molecular weight excluding hydrogens is 164 g/mol. The van der Waals surface area contributed by atoms with Gasteiger partial charge in [0.2, 0.25) is 0 Å². The Kier molecular flexibility index (Phi) is 2.94. The molecule has 72 valence electrons. The summed E-state index contributed by atoms with van der Waals surface area (Å²) in [6.07, 6.45) is 5.90. The van der Waals surface area contributed by atoms with Gasteiger partial charge < -0.3 is 15.6 Å². The van der Waals surface area contributed by atoms with Crippen molar-refractivity contribution in [3.8, 4) is 0 Å². The van der Waals surface area contributed by atoms with Crippen molar-refractivity contribution in [2.24, 2.45) is 0 Å². The zero-order valence-electron chi connectivity index (χ0n) is 7.71. The number of H-pyrrole nitrogens is 1. The molecule has 2 heterocycles. The van der Waals surface area contributed by atoms with Crippen molar-refractivity contribution < 1.29 is 0 Å². The molecule has 0 aliphatic carbocycles. The van der Waals surface area contributed by atoms with E-state index in [1.807, 2.05) is 6.20 Å². The van der Waals surface area contributed by atoms with Crippen molar-refractivity contribution in [3.05, 3.63) is 18.2 Å². The van der Waals surface area contributed by atoms with Gasteiger partial charge in [0.1, 0.15) is 0 Å². The number of nitrogens with one attached hydrogen (secondary N) is 3. The predicted octanol–water partition coefficient (Wildman–Crippen LogP) is -0.0963. The lowest BCUT2D eigenvalue weighted by atomic mass is 10.2.